The molecule has 6 rings (SSSR count). The van der Waals surface area contributed by atoms with E-state index in [1.807, 2.05) is 4.68 Å². The number of piperidine rings is 1. The molecule has 1 aromatic carbocycles. The van der Waals surface area contributed by atoms with Crippen molar-refractivity contribution in [3.05, 3.63) is 75.3 Å². The highest BCUT2D eigenvalue weighted by molar-refractivity contribution is 6.34. The number of amides is 3. The summed E-state index contributed by atoms with van der Waals surface area (Å²) in [5.74, 6) is -0.322. The van der Waals surface area contributed by atoms with E-state index in [1.165, 1.54) is 12.1 Å². The van der Waals surface area contributed by atoms with Crippen LogP contribution < -0.4 is 5.32 Å². The summed E-state index contributed by atoms with van der Waals surface area (Å²) in [4.78, 5) is 33.8. The van der Waals surface area contributed by atoms with E-state index < -0.39 is 11.7 Å². The predicted octanol–water partition coefficient (Wildman–Crippen LogP) is 6.98. The Morgan fingerprint density at radius 1 is 0.905 bits per heavy atom. The summed E-state index contributed by atoms with van der Waals surface area (Å²) in [6.45, 7) is 1.62. The molecule has 1 unspecified atom stereocenters. The lowest BCUT2D eigenvalue weighted by Gasteiger charge is -2.33. The third kappa shape index (κ3) is 5.81. The van der Waals surface area contributed by atoms with E-state index in [9.17, 15) is 22.8 Å². The molecular formula is C29H29Cl2F3N6O2. The smallest absolute Gasteiger partial charge is 0.338 e. The van der Waals surface area contributed by atoms with Crippen molar-refractivity contribution in [2.45, 2.75) is 56.2 Å². The molecule has 0 radical (unpaired) electrons. The lowest BCUT2D eigenvalue weighted by molar-refractivity contribution is -0.138. The fourth-order valence-electron chi connectivity index (χ4n) is 6.08. The molecule has 2 aliphatic heterocycles. The Bertz CT molecular complexity index is 1500. The first-order valence-electron chi connectivity index (χ1n) is 14.0. The third-order valence-electron chi connectivity index (χ3n) is 8.36. The van der Waals surface area contributed by atoms with Crippen molar-refractivity contribution < 1.29 is 22.8 Å². The van der Waals surface area contributed by atoms with Crippen LogP contribution in [0.15, 0.2) is 42.6 Å². The first-order valence-corrected chi connectivity index (χ1v) is 14.8. The number of urea groups is 1. The van der Waals surface area contributed by atoms with Gasteiger partial charge in [0.25, 0.3) is 5.91 Å². The van der Waals surface area contributed by atoms with Gasteiger partial charge in [-0.15, -0.1) is 0 Å². The average Bonchev–Trinajstić information content (AvgIpc) is 3.51. The minimum absolute atomic E-state index is 0.0250. The molecular weight excluding hydrogens is 592 g/mol. The molecule has 1 saturated carbocycles. The van der Waals surface area contributed by atoms with Gasteiger partial charge in [-0.2, -0.15) is 18.3 Å². The van der Waals surface area contributed by atoms with Gasteiger partial charge in [0.1, 0.15) is 5.15 Å². The highest BCUT2D eigenvalue weighted by Gasteiger charge is 2.40. The molecule has 4 heterocycles. The number of carbonyl (C=O) groups is 2. The summed E-state index contributed by atoms with van der Waals surface area (Å²) in [6, 6.07) is 8.52. The molecule has 2 saturated heterocycles. The second-order valence-electron chi connectivity index (χ2n) is 11.1. The Kier molecular flexibility index (Phi) is 7.82. The Hall–Kier alpha value is -3.31. The largest absolute Gasteiger partial charge is 0.416 e. The van der Waals surface area contributed by atoms with Crippen molar-refractivity contribution >= 4 is 40.8 Å². The molecule has 3 fully saturated rings. The van der Waals surface area contributed by atoms with Gasteiger partial charge in [0, 0.05) is 38.0 Å². The Balaban J connectivity index is 1.12. The number of hydrogen-bond acceptors (Lipinski definition) is 4. The van der Waals surface area contributed by atoms with Crippen LogP contribution in [0.4, 0.5) is 23.7 Å². The summed E-state index contributed by atoms with van der Waals surface area (Å²) < 4.78 is 42.8. The zero-order chi connectivity index (χ0) is 29.6. The van der Waals surface area contributed by atoms with Crippen molar-refractivity contribution in [1.29, 1.82) is 0 Å². The van der Waals surface area contributed by atoms with Crippen molar-refractivity contribution in [3.8, 4) is 0 Å². The highest BCUT2D eigenvalue weighted by Crippen LogP contribution is 2.44. The molecule has 3 amide bonds. The first kappa shape index (κ1) is 28.8. The molecule has 222 valence electrons. The van der Waals surface area contributed by atoms with E-state index in [0.29, 0.717) is 50.1 Å². The standard InChI is InChI=1S/C29H29Cl2F3N6O2/c30-24-8-7-23(26(31)37-24)36-28(42)38-13-10-19(11-14-38)40-25(17-5-6-17)21(15-35-40)27(41)39-12-9-18(16-39)20-3-1-2-4-22(20)29(32,33)34/h1-4,7-8,15,17-19H,5-6,9-14,16H2,(H,36,42). The fraction of sp³-hybridized carbons (Fsp3) is 0.448. The van der Waals surface area contributed by atoms with Crippen LogP contribution in [-0.4, -0.2) is 62.7 Å². The number of anilines is 1. The van der Waals surface area contributed by atoms with E-state index in [4.69, 9.17) is 23.2 Å². The van der Waals surface area contributed by atoms with Crippen LogP contribution in [0.2, 0.25) is 10.3 Å². The van der Waals surface area contributed by atoms with Gasteiger partial charge in [-0.05, 0) is 55.9 Å². The van der Waals surface area contributed by atoms with Crippen molar-refractivity contribution in [1.82, 2.24) is 24.6 Å². The summed E-state index contributed by atoms with van der Waals surface area (Å²) in [5, 5.41) is 7.76. The Morgan fingerprint density at radius 3 is 2.31 bits per heavy atom. The van der Waals surface area contributed by atoms with Crippen LogP contribution >= 0.6 is 23.2 Å². The van der Waals surface area contributed by atoms with Gasteiger partial charge in [0.15, 0.2) is 5.15 Å². The second-order valence-corrected chi connectivity index (χ2v) is 11.9. The van der Waals surface area contributed by atoms with Gasteiger partial charge in [0.05, 0.1) is 34.7 Å². The van der Waals surface area contributed by atoms with Gasteiger partial charge < -0.3 is 15.1 Å². The summed E-state index contributed by atoms with van der Waals surface area (Å²) in [7, 11) is 0. The number of benzene rings is 1. The molecule has 1 aliphatic carbocycles. The molecule has 3 aliphatic rings. The maximum atomic E-state index is 13.7. The van der Waals surface area contributed by atoms with Gasteiger partial charge in [-0.25, -0.2) is 9.78 Å². The van der Waals surface area contributed by atoms with Gasteiger partial charge >= 0.3 is 12.2 Å². The number of carbonyl (C=O) groups excluding carboxylic acids is 2. The number of nitrogens with one attached hydrogen (secondary N) is 1. The highest BCUT2D eigenvalue weighted by atomic mass is 35.5. The number of rotatable bonds is 5. The van der Waals surface area contributed by atoms with Crippen LogP contribution in [0, 0.1) is 0 Å². The van der Waals surface area contributed by atoms with Crippen LogP contribution in [0.1, 0.15) is 77.2 Å². The number of hydrogen-bond donors (Lipinski definition) is 1. The minimum Gasteiger partial charge on any atom is -0.338 e. The monoisotopic (exact) mass is 620 g/mol. The van der Waals surface area contributed by atoms with E-state index >= 15 is 0 Å². The fourth-order valence-corrected chi connectivity index (χ4v) is 6.48. The zero-order valence-electron chi connectivity index (χ0n) is 22.6. The van der Waals surface area contributed by atoms with Crippen LogP contribution in [0.25, 0.3) is 0 Å². The molecule has 1 N–H and O–H groups in total. The molecule has 0 spiro atoms. The van der Waals surface area contributed by atoms with E-state index in [2.05, 4.69) is 15.4 Å². The molecule has 1 atom stereocenters. The topological polar surface area (TPSA) is 83.4 Å². The van der Waals surface area contributed by atoms with E-state index in [-0.39, 0.29) is 52.2 Å². The normalized spacial score (nSPS) is 19.8. The molecule has 0 bridgehead atoms. The number of halogens is 5. The number of likely N-dealkylation sites (tertiary alicyclic amines) is 2. The number of aromatic nitrogens is 3. The predicted molar refractivity (Wildman–Crippen MR) is 152 cm³/mol. The van der Waals surface area contributed by atoms with Gasteiger partial charge in [-0.1, -0.05) is 41.4 Å². The Morgan fingerprint density at radius 2 is 1.62 bits per heavy atom. The van der Waals surface area contributed by atoms with Crippen LogP contribution in [0.3, 0.4) is 0 Å². The van der Waals surface area contributed by atoms with Crippen LogP contribution in [0.5, 0.6) is 0 Å². The maximum absolute atomic E-state index is 13.7. The van der Waals surface area contributed by atoms with E-state index in [0.717, 1.165) is 24.6 Å². The van der Waals surface area contributed by atoms with Crippen molar-refractivity contribution in [3.63, 3.8) is 0 Å². The molecule has 42 heavy (non-hydrogen) atoms. The van der Waals surface area contributed by atoms with Crippen molar-refractivity contribution in [2.24, 2.45) is 0 Å². The van der Waals surface area contributed by atoms with Crippen LogP contribution in [-0.2, 0) is 6.18 Å². The second kappa shape index (κ2) is 11.4. The van der Waals surface area contributed by atoms with E-state index in [1.54, 1.807) is 34.2 Å². The lowest BCUT2D eigenvalue weighted by atomic mass is 9.93. The number of pyridine rings is 1. The first-order chi connectivity index (χ1) is 20.1. The maximum Gasteiger partial charge on any atom is 0.416 e. The minimum atomic E-state index is -4.44. The summed E-state index contributed by atoms with van der Waals surface area (Å²) in [5.41, 5.74) is 1.42. The summed E-state index contributed by atoms with van der Waals surface area (Å²) >= 11 is 11.9. The van der Waals surface area contributed by atoms with Crippen molar-refractivity contribution in [2.75, 3.05) is 31.5 Å². The van der Waals surface area contributed by atoms with Gasteiger partial charge in [-0.3, -0.25) is 9.48 Å². The molecule has 8 nitrogen and oxygen atoms in total. The summed E-state index contributed by atoms with van der Waals surface area (Å²) in [6.07, 6.45) is 0.898. The lowest BCUT2D eigenvalue weighted by Crippen LogP contribution is -2.42. The third-order valence-corrected chi connectivity index (χ3v) is 8.86. The zero-order valence-corrected chi connectivity index (χ0v) is 24.1. The molecule has 2 aromatic heterocycles. The average molecular weight is 621 g/mol. The van der Waals surface area contributed by atoms with Gasteiger partial charge in [0.2, 0.25) is 0 Å². The molecule has 13 heteroatoms. The number of alkyl halides is 3. The number of nitrogens with zero attached hydrogens (tertiary/aromatic N) is 5. The SMILES string of the molecule is O=C(Nc1ccc(Cl)nc1Cl)N1CCC(n2ncc(C(=O)N3CCC(c4ccccc4C(F)(F)F)C3)c2C2CC2)CC1. The molecule has 3 aromatic rings. The quantitative estimate of drug-likeness (QED) is 0.312. The Labute approximate surface area is 250 Å².